The summed E-state index contributed by atoms with van der Waals surface area (Å²) < 4.78 is 1.77. The molecule has 1 aromatic carbocycles. The first kappa shape index (κ1) is 14.8. The van der Waals surface area contributed by atoms with Gasteiger partial charge in [0, 0.05) is 12.1 Å². The number of carbonyl (C=O) groups is 1. The number of aromatic nitrogens is 2. The van der Waals surface area contributed by atoms with Gasteiger partial charge in [0.25, 0.3) is 5.91 Å². The maximum Gasteiger partial charge on any atom is 0.273 e. The second-order valence-corrected chi connectivity index (χ2v) is 6.26. The first-order valence-electron chi connectivity index (χ1n) is 8.02. The third kappa shape index (κ3) is 2.65. The molecule has 2 unspecified atom stereocenters. The lowest BCUT2D eigenvalue weighted by Crippen LogP contribution is -2.48. The van der Waals surface area contributed by atoms with Gasteiger partial charge in [0.15, 0.2) is 0 Å². The summed E-state index contributed by atoms with van der Waals surface area (Å²) in [6, 6.07) is 12.3. The second-order valence-electron chi connectivity index (χ2n) is 6.26. The molecule has 0 bridgehead atoms. The van der Waals surface area contributed by atoms with E-state index in [1.54, 1.807) is 4.68 Å². The van der Waals surface area contributed by atoms with Crippen molar-refractivity contribution in [2.24, 2.45) is 0 Å². The van der Waals surface area contributed by atoms with Gasteiger partial charge < -0.3 is 4.90 Å². The summed E-state index contributed by atoms with van der Waals surface area (Å²) in [5, 5.41) is 4.52. The number of nitrogens with zero attached hydrogens (tertiary/aromatic N) is 3. The lowest BCUT2D eigenvalue weighted by atomic mass is 9.97. The van der Waals surface area contributed by atoms with Crippen molar-refractivity contribution in [2.75, 3.05) is 0 Å². The predicted molar refractivity (Wildman–Crippen MR) is 87.2 cm³/mol. The standard InChI is InChI=1S/C18H23N3O/c1-13-12-17(21(19-13)16-10-5-4-6-11-16)18(22)20-14(2)8-7-9-15(20)3/h4-6,10-12,14-15H,7-9H2,1-3H3. The van der Waals surface area contributed by atoms with Crippen LogP contribution in [0.15, 0.2) is 36.4 Å². The molecule has 4 nitrogen and oxygen atoms in total. The number of aryl methyl sites for hydroxylation is 1. The molecule has 1 fully saturated rings. The van der Waals surface area contributed by atoms with E-state index in [1.165, 1.54) is 6.42 Å². The summed E-state index contributed by atoms with van der Waals surface area (Å²) in [6.07, 6.45) is 3.35. The number of benzene rings is 1. The molecule has 0 radical (unpaired) electrons. The molecule has 2 aromatic rings. The maximum absolute atomic E-state index is 13.1. The lowest BCUT2D eigenvalue weighted by Gasteiger charge is -2.39. The van der Waals surface area contributed by atoms with Crippen molar-refractivity contribution < 1.29 is 4.79 Å². The number of para-hydroxylation sites is 1. The average Bonchev–Trinajstić information content (AvgIpc) is 2.90. The second kappa shape index (κ2) is 5.95. The predicted octanol–water partition coefficient (Wildman–Crippen LogP) is 3.58. The Balaban J connectivity index is 1.99. The third-order valence-corrected chi connectivity index (χ3v) is 4.48. The van der Waals surface area contributed by atoms with E-state index in [1.807, 2.05) is 48.2 Å². The van der Waals surface area contributed by atoms with E-state index < -0.39 is 0 Å². The van der Waals surface area contributed by atoms with Crippen LogP contribution in [0, 0.1) is 6.92 Å². The fourth-order valence-electron chi connectivity index (χ4n) is 3.37. The molecule has 1 saturated heterocycles. The highest BCUT2D eigenvalue weighted by molar-refractivity contribution is 5.93. The molecule has 2 atom stereocenters. The lowest BCUT2D eigenvalue weighted by molar-refractivity contribution is 0.0501. The zero-order valence-electron chi connectivity index (χ0n) is 13.5. The highest BCUT2D eigenvalue weighted by Crippen LogP contribution is 2.25. The minimum Gasteiger partial charge on any atom is -0.332 e. The van der Waals surface area contributed by atoms with E-state index in [2.05, 4.69) is 18.9 Å². The van der Waals surface area contributed by atoms with Gasteiger partial charge in [-0.05, 0) is 58.2 Å². The number of amides is 1. The van der Waals surface area contributed by atoms with Gasteiger partial charge in [-0.15, -0.1) is 0 Å². The Morgan fingerprint density at radius 3 is 2.41 bits per heavy atom. The van der Waals surface area contributed by atoms with Crippen LogP contribution in [0.5, 0.6) is 0 Å². The van der Waals surface area contributed by atoms with Gasteiger partial charge in [0.2, 0.25) is 0 Å². The van der Waals surface area contributed by atoms with E-state index in [0.717, 1.165) is 24.2 Å². The molecule has 4 heteroatoms. The minimum atomic E-state index is 0.0872. The smallest absolute Gasteiger partial charge is 0.273 e. The van der Waals surface area contributed by atoms with Crippen LogP contribution in [0.1, 0.15) is 49.3 Å². The van der Waals surface area contributed by atoms with Crippen molar-refractivity contribution in [1.29, 1.82) is 0 Å². The first-order chi connectivity index (χ1) is 10.6. The number of rotatable bonds is 2. The van der Waals surface area contributed by atoms with Gasteiger partial charge in [-0.1, -0.05) is 18.2 Å². The molecule has 3 rings (SSSR count). The van der Waals surface area contributed by atoms with Crippen LogP contribution >= 0.6 is 0 Å². The number of piperidine rings is 1. The van der Waals surface area contributed by atoms with Crippen LogP contribution in [-0.2, 0) is 0 Å². The zero-order chi connectivity index (χ0) is 15.7. The molecule has 0 N–H and O–H groups in total. The van der Waals surface area contributed by atoms with Gasteiger partial charge in [-0.3, -0.25) is 4.79 Å². The highest BCUT2D eigenvalue weighted by Gasteiger charge is 2.31. The van der Waals surface area contributed by atoms with E-state index in [0.29, 0.717) is 5.69 Å². The summed E-state index contributed by atoms with van der Waals surface area (Å²) in [6.45, 7) is 6.21. The van der Waals surface area contributed by atoms with Crippen molar-refractivity contribution in [3.63, 3.8) is 0 Å². The van der Waals surface area contributed by atoms with Crippen LogP contribution in [-0.4, -0.2) is 32.7 Å². The van der Waals surface area contributed by atoms with Crippen LogP contribution < -0.4 is 0 Å². The highest BCUT2D eigenvalue weighted by atomic mass is 16.2. The maximum atomic E-state index is 13.1. The summed E-state index contributed by atoms with van der Waals surface area (Å²) >= 11 is 0. The summed E-state index contributed by atoms with van der Waals surface area (Å²) in [4.78, 5) is 15.1. The quantitative estimate of drug-likeness (QED) is 0.849. The van der Waals surface area contributed by atoms with E-state index >= 15 is 0 Å². The summed E-state index contributed by atoms with van der Waals surface area (Å²) in [5.74, 6) is 0.0872. The topological polar surface area (TPSA) is 38.1 Å². The van der Waals surface area contributed by atoms with Gasteiger partial charge in [0.1, 0.15) is 5.69 Å². The fraction of sp³-hybridized carbons (Fsp3) is 0.444. The van der Waals surface area contributed by atoms with Crippen molar-refractivity contribution in [1.82, 2.24) is 14.7 Å². The Kier molecular flexibility index (Phi) is 4.01. The molecule has 1 amide bonds. The minimum absolute atomic E-state index is 0.0872. The van der Waals surface area contributed by atoms with Crippen LogP contribution in [0.2, 0.25) is 0 Å². The molecular weight excluding hydrogens is 274 g/mol. The Hall–Kier alpha value is -2.10. The van der Waals surface area contributed by atoms with Gasteiger partial charge in [-0.25, -0.2) is 4.68 Å². The van der Waals surface area contributed by atoms with Crippen LogP contribution in [0.4, 0.5) is 0 Å². The molecule has 0 spiro atoms. The van der Waals surface area contributed by atoms with E-state index in [-0.39, 0.29) is 18.0 Å². The van der Waals surface area contributed by atoms with Crippen molar-refractivity contribution >= 4 is 5.91 Å². The van der Waals surface area contributed by atoms with Crippen LogP contribution in [0.25, 0.3) is 5.69 Å². The van der Waals surface area contributed by atoms with Crippen LogP contribution in [0.3, 0.4) is 0 Å². The molecule has 0 saturated carbocycles. The normalized spacial score (nSPS) is 21.9. The molecule has 0 aliphatic carbocycles. The largest absolute Gasteiger partial charge is 0.332 e. The average molecular weight is 297 g/mol. The van der Waals surface area contributed by atoms with E-state index in [9.17, 15) is 4.79 Å². The molecule has 22 heavy (non-hydrogen) atoms. The SMILES string of the molecule is Cc1cc(C(=O)N2C(C)CCCC2C)n(-c2ccccc2)n1. The monoisotopic (exact) mass is 297 g/mol. The van der Waals surface area contributed by atoms with Crippen molar-refractivity contribution in [3.05, 3.63) is 47.8 Å². The molecule has 1 aliphatic rings. The van der Waals surface area contributed by atoms with Gasteiger partial charge in [0.05, 0.1) is 11.4 Å². The Morgan fingerprint density at radius 1 is 1.14 bits per heavy atom. The molecule has 1 aromatic heterocycles. The molecular formula is C18H23N3O. The van der Waals surface area contributed by atoms with Gasteiger partial charge >= 0.3 is 0 Å². The van der Waals surface area contributed by atoms with Crippen molar-refractivity contribution in [3.8, 4) is 5.69 Å². The van der Waals surface area contributed by atoms with E-state index in [4.69, 9.17) is 0 Å². The number of hydrogen-bond acceptors (Lipinski definition) is 2. The molecule has 1 aliphatic heterocycles. The molecule has 116 valence electrons. The first-order valence-corrected chi connectivity index (χ1v) is 8.02. The number of carbonyl (C=O) groups excluding carboxylic acids is 1. The zero-order valence-corrected chi connectivity index (χ0v) is 13.5. The Bertz CT molecular complexity index is 652. The Labute approximate surface area is 131 Å². The number of hydrogen-bond donors (Lipinski definition) is 0. The number of likely N-dealkylation sites (tertiary alicyclic amines) is 1. The summed E-state index contributed by atoms with van der Waals surface area (Å²) in [5.41, 5.74) is 2.45. The van der Waals surface area contributed by atoms with Gasteiger partial charge in [-0.2, -0.15) is 5.10 Å². The Morgan fingerprint density at radius 2 is 1.77 bits per heavy atom. The van der Waals surface area contributed by atoms with Crippen molar-refractivity contribution in [2.45, 2.75) is 52.1 Å². The third-order valence-electron chi connectivity index (χ3n) is 4.48. The fourth-order valence-corrected chi connectivity index (χ4v) is 3.37. The molecule has 2 heterocycles. The summed E-state index contributed by atoms with van der Waals surface area (Å²) in [7, 11) is 0.